The summed E-state index contributed by atoms with van der Waals surface area (Å²) in [6.07, 6.45) is -3.55. The first-order valence-corrected chi connectivity index (χ1v) is 12.4. The summed E-state index contributed by atoms with van der Waals surface area (Å²) in [6, 6.07) is 14.4. The Labute approximate surface area is 222 Å². The lowest BCUT2D eigenvalue weighted by molar-refractivity contribution is -0.141. The van der Waals surface area contributed by atoms with Gasteiger partial charge < -0.3 is 30.0 Å². The number of aromatic nitrogens is 1. The SMILES string of the molecule is O=C(NCCNC(=O)c1oc(-c2ccccc2)nc1C(F)(F)F)c1ccc(OC2CCC(C(O)O)CC2)cc1. The molecule has 0 aliphatic heterocycles. The third kappa shape index (κ3) is 7.36. The molecule has 2 aromatic carbocycles. The molecule has 0 atom stereocenters. The lowest BCUT2D eigenvalue weighted by atomic mass is 9.87. The molecule has 39 heavy (non-hydrogen) atoms. The van der Waals surface area contributed by atoms with Gasteiger partial charge in [-0.15, -0.1) is 0 Å². The van der Waals surface area contributed by atoms with Crippen LogP contribution in [0.2, 0.25) is 0 Å². The highest BCUT2D eigenvalue weighted by Gasteiger charge is 2.41. The molecular weight excluding hydrogens is 519 g/mol. The average molecular weight is 548 g/mol. The smallest absolute Gasteiger partial charge is 0.437 e. The van der Waals surface area contributed by atoms with Crippen molar-refractivity contribution in [2.45, 2.75) is 44.3 Å². The van der Waals surface area contributed by atoms with Crippen molar-refractivity contribution in [3.8, 4) is 17.2 Å². The van der Waals surface area contributed by atoms with Gasteiger partial charge in [0, 0.05) is 30.1 Å². The second-order valence-corrected chi connectivity index (χ2v) is 9.16. The van der Waals surface area contributed by atoms with Crippen LogP contribution in [0.25, 0.3) is 11.5 Å². The van der Waals surface area contributed by atoms with E-state index in [9.17, 15) is 33.0 Å². The summed E-state index contributed by atoms with van der Waals surface area (Å²) in [5.74, 6) is -2.38. The van der Waals surface area contributed by atoms with Crippen molar-refractivity contribution >= 4 is 11.8 Å². The second-order valence-electron chi connectivity index (χ2n) is 9.16. The number of hydrogen-bond donors (Lipinski definition) is 4. The fraction of sp³-hybridized carbons (Fsp3) is 0.370. The maximum atomic E-state index is 13.4. The van der Waals surface area contributed by atoms with Crippen molar-refractivity contribution in [1.82, 2.24) is 15.6 Å². The van der Waals surface area contributed by atoms with Gasteiger partial charge in [-0.05, 0) is 62.1 Å². The highest BCUT2D eigenvalue weighted by atomic mass is 19.4. The molecule has 0 spiro atoms. The summed E-state index contributed by atoms with van der Waals surface area (Å²) in [7, 11) is 0. The molecule has 0 radical (unpaired) electrons. The molecule has 1 fully saturated rings. The monoisotopic (exact) mass is 547 g/mol. The zero-order valence-corrected chi connectivity index (χ0v) is 20.8. The zero-order chi connectivity index (χ0) is 28.0. The van der Waals surface area contributed by atoms with Gasteiger partial charge in [0.2, 0.25) is 11.7 Å². The van der Waals surface area contributed by atoms with Crippen LogP contribution in [0.1, 0.15) is 52.3 Å². The Hall–Kier alpha value is -3.90. The van der Waals surface area contributed by atoms with Gasteiger partial charge in [-0.25, -0.2) is 4.98 Å². The zero-order valence-electron chi connectivity index (χ0n) is 20.8. The van der Waals surface area contributed by atoms with Gasteiger partial charge in [0.15, 0.2) is 12.0 Å². The van der Waals surface area contributed by atoms with Crippen molar-refractivity contribution in [3.63, 3.8) is 0 Å². The van der Waals surface area contributed by atoms with Gasteiger partial charge in [0.1, 0.15) is 5.75 Å². The number of hydrogen-bond acceptors (Lipinski definition) is 7. The van der Waals surface area contributed by atoms with Gasteiger partial charge in [-0.1, -0.05) is 18.2 Å². The summed E-state index contributed by atoms with van der Waals surface area (Å²) >= 11 is 0. The molecule has 0 bridgehead atoms. The molecule has 1 saturated carbocycles. The lowest BCUT2D eigenvalue weighted by Gasteiger charge is -2.29. The van der Waals surface area contributed by atoms with Crippen molar-refractivity contribution < 1.29 is 42.1 Å². The van der Waals surface area contributed by atoms with Crippen LogP contribution in [0, 0.1) is 5.92 Å². The first-order chi connectivity index (χ1) is 18.6. The number of oxazole rings is 1. The number of benzene rings is 2. The average Bonchev–Trinajstić information content (AvgIpc) is 3.39. The van der Waals surface area contributed by atoms with E-state index in [-0.39, 0.29) is 31.0 Å². The fourth-order valence-electron chi connectivity index (χ4n) is 4.29. The van der Waals surface area contributed by atoms with Crippen LogP contribution in [0.15, 0.2) is 59.0 Å². The van der Waals surface area contributed by atoms with Crippen molar-refractivity contribution in [1.29, 1.82) is 0 Å². The Balaban J connectivity index is 1.26. The van der Waals surface area contributed by atoms with Gasteiger partial charge in [-0.2, -0.15) is 13.2 Å². The Morgan fingerprint density at radius 2 is 1.56 bits per heavy atom. The van der Waals surface area contributed by atoms with Gasteiger partial charge in [0.25, 0.3) is 11.8 Å². The van der Waals surface area contributed by atoms with E-state index in [1.807, 2.05) is 0 Å². The van der Waals surface area contributed by atoms with E-state index in [1.54, 1.807) is 42.5 Å². The number of carbonyl (C=O) groups excluding carboxylic acids is 2. The molecule has 4 rings (SSSR count). The van der Waals surface area contributed by atoms with E-state index in [1.165, 1.54) is 12.1 Å². The molecule has 3 aromatic rings. The maximum Gasteiger partial charge on any atom is 0.437 e. The number of nitrogens with one attached hydrogen (secondary N) is 2. The highest BCUT2D eigenvalue weighted by molar-refractivity contribution is 5.95. The number of amides is 2. The standard InChI is InChI=1S/C27H28F3N3O6/c28-27(29,30)22-21(39-25(33-22)17-4-2-1-3-5-17)24(35)32-15-14-31-23(34)16-6-10-19(11-7-16)38-20-12-8-18(9-13-20)26(36)37/h1-7,10-11,18,20,26,36-37H,8-9,12-15H2,(H,31,34)(H,32,35). The molecule has 2 amide bonds. The molecule has 0 saturated heterocycles. The lowest BCUT2D eigenvalue weighted by Crippen LogP contribution is -2.35. The number of aliphatic hydroxyl groups is 2. The first-order valence-electron chi connectivity index (χ1n) is 12.4. The normalized spacial score (nSPS) is 17.6. The molecule has 208 valence electrons. The minimum Gasteiger partial charge on any atom is -0.490 e. The largest absolute Gasteiger partial charge is 0.490 e. The van der Waals surface area contributed by atoms with Gasteiger partial charge in [0.05, 0.1) is 6.10 Å². The minimum atomic E-state index is -4.89. The Kier molecular flexibility index (Phi) is 8.87. The van der Waals surface area contributed by atoms with E-state index in [0.717, 1.165) is 0 Å². The quantitative estimate of drug-likeness (QED) is 0.237. The third-order valence-electron chi connectivity index (χ3n) is 6.38. The number of ether oxygens (including phenoxy) is 1. The minimum absolute atomic E-state index is 0.0379. The van der Waals surface area contributed by atoms with E-state index < -0.39 is 35.7 Å². The summed E-state index contributed by atoms with van der Waals surface area (Å²) < 4.78 is 51.4. The second kappa shape index (κ2) is 12.3. The predicted octanol–water partition coefficient (Wildman–Crippen LogP) is 3.77. The molecule has 0 unspecified atom stereocenters. The summed E-state index contributed by atoms with van der Waals surface area (Å²) in [4.78, 5) is 28.3. The molecule has 9 nitrogen and oxygen atoms in total. The van der Waals surface area contributed by atoms with E-state index in [4.69, 9.17) is 9.15 Å². The van der Waals surface area contributed by atoms with Crippen molar-refractivity contribution in [2.24, 2.45) is 5.92 Å². The highest BCUT2D eigenvalue weighted by Crippen LogP contribution is 2.34. The molecular formula is C27H28F3N3O6. The Morgan fingerprint density at radius 3 is 2.15 bits per heavy atom. The third-order valence-corrected chi connectivity index (χ3v) is 6.38. The van der Waals surface area contributed by atoms with Crippen molar-refractivity contribution in [2.75, 3.05) is 13.1 Å². The van der Waals surface area contributed by atoms with Crippen LogP contribution in [0.5, 0.6) is 5.75 Å². The summed E-state index contributed by atoms with van der Waals surface area (Å²) in [5, 5.41) is 23.5. The topological polar surface area (TPSA) is 134 Å². The number of alkyl halides is 3. The van der Waals surface area contributed by atoms with Crippen LogP contribution in [-0.2, 0) is 6.18 Å². The first kappa shape index (κ1) is 28.1. The van der Waals surface area contributed by atoms with Gasteiger partial charge in [-0.3, -0.25) is 9.59 Å². The fourth-order valence-corrected chi connectivity index (χ4v) is 4.29. The van der Waals surface area contributed by atoms with Crippen LogP contribution < -0.4 is 15.4 Å². The van der Waals surface area contributed by atoms with Crippen LogP contribution in [-0.4, -0.2) is 52.5 Å². The summed E-state index contributed by atoms with van der Waals surface area (Å²) in [5.41, 5.74) is -0.799. The van der Waals surface area contributed by atoms with Gasteiger partial charge >= 0.3 is 6.18 Å². The number of rotatable bonds is 9. The van der Waals surface area contributed by atoms with E-state index >= 15 is 0 Å². The van der Waals surface area contributed by atoms with Crippen LogP contribution in [0.4, 0.5) is 13.2 Å². The molecule has 4 N–H and O–H groups in total. The van der Waals surface area contributed by atoms with Crippen molar-refractivity contribution in [3.05, 3.63) is 71.6 Å². The number of halogens is 3. The molecule has 1 aliphatic rings. The Morgan fingerprint density at radius 1 is 0.949 bits per heavy atom. The molecule has 1 aromatic heterocycles. The van der Waals surface area contributed by atoms with E-state index in [0.29, 0.717) is 42.6 Å². The molecule has 1 aliphatic carbocycles. The number of carbonyl (C=O) groups is 2. The summed E-state index contributed by atoms with van der Waals surface area (Å²) in [6.45, 7) is -0.181. The molecule has 1 heterocycles. The van der Waals surface area contributed by atoms with Crippen LogP contribution in [0.3, 0.4) is 0 Å². The molecule has 12 heteroatoms. The number of aliphatic hydroxyl groups excluding tert-OH is 1. The van der Waals surface area contributed by atoms with Crippen LogP contribution >= 0.6 is 0 Å². The van der Waals surface area contributed by atoms with E-state index in [2.05, 4.69) is 15.6 Å². The maximum absolute atomic E-state index is 13.4. The number of nitrogens with zero attached hydrogens (tertiary/aromatic N) is 1. The predicted molar refractivity (Wildman–Crippen MR) is 133 cm³/mol. The Bertz CT molecular complexity index is 1250.